The fourth-order valence-electron chi connectivity index (χ4n) is 2.40. The highest BCUT2D eigenvalue weighted by Crippen LogP contribution is 2.32. The summed E-state index contributed by atoms with van der Waals surface area (Å²) in [5.41, 5.74) is 1.62. The molecule has 1 amide bonds. The first-order valence-electron chi connectivity index (χ1n) is 7.82. The van der Waals surface area contributed by atoms with Crippen LogP contribution in [0.1, 0.15) is 6.42 Å². The van der Waals surface area contributed by atoms with E-state index in [0.717, 1.165) is 11.4 Å². The lowest BCUT2D eigenvalue weighted by Gasteiger charge is -2.19. The van der Waals surface area contributed by atoms with E-state index in [0.29, 0.717) is 43.4 Å². The Morgan fingerprint density at radius 3 is 2.75 bits per heavy atom. The van der Waals surface area contributed by atoms with Crippen molar-refractivity contribution >= 4 is 17.3 Å². The lowest BCUT2D eigenvalue weighted by molar-refractivity contribution is -0.115. The number of hydrogen-bond donors (Lipinski definition) is 2. The van der Waals surface area contributed by atoms with Gasteiger partial charge in [-0.2, -0.15) is 0 Å². The number of carbonyl (C=O) groups excluding carboxylic acids is 1. The number of rotatable bonds is 6. The van der Waals surface area contributed by atoms with Crippen molar-refractivity contribution in [3.05, 3.63) is 42.5 Å². The van der Waals surface area contributed by atoms with Gasteiger partial charge in [0.1, 0.15) is 19.0 Å². The van der Waals surface area contributed by atoms with Crippen LogP contribution in [0, 0.1) is 0 Å². The first-order valence-corrected chi connectivity index (χ1v) is 7.82. The van der Waals surface area contributed by atoms with Crippen molar-refractivity contribution in [2.24, 2.45) is 0 Å². The highest BCUT2D eigenvalue weighted by molar-refractivity contribution is 5.91. The van der Waals surface area contributed by atoms with Gasteiger partial charge in [0.2, 0.25) is 5.91 Å². The Bertz CT molecular complexity index is 718. The molecule has 6 heteroatoms. The highest BCUT2D eigenvalue weighted by atomic mass is 16.6. The first-order chi connectivity index (χ1) is 11.7. The lowest BCUT2D eigenvalue weighted by atomic mass is 10.2. The Hall–Kier alpha value is -2.89. The number of hydrogen-bond acceptors (Lipinski definition) is 5. The van der Waals surface area contributed by atoms with Crippen molar-refractivity contribution in [3.63, 3.8) is 0 Å². The van der Waals surface area contributed by atoms with Gasteiger partial charge in [0.15, 0.2) is 11.5 Å². The van der Waals surface area contributed by atoms with E-state index in [1.807, 2.05) is 24.3 Å². The van der Waals surface area contributed by atoms with Crippen LogP contribution < -0.4 is 24.8 Å². The maximum atomic E-state index is 12.0. The van der Waals surface area contributed by atoms with Crippen molar-refractivity contribution in [1.29, 1.82) is 0 Å². The third kappa shape index (κ3) is 4.10. The van der Waals surface area contributed by atoms with Gasteiger partial charge in [-0.15, -0.1) is 0 Å². The molecule has 24 heavy (non-hydrogen) atoms. The number of amides is 1. The highest BCUT2D eigenvalue weighted by Gasteiger charge is 2.12. The molecule has 126 valence electrons. The van der Waals surface area contributed by atoms with Crippen LogP contribution in [0.15, 0.2) is 42.5 Å². The quantitative estimate of drug-likeness (QED) is 0.853. The Labute approximate surface area is 140 Å². The molecule has 0 fully saturated rings. The van der Waals surface area contributed by atoms with Crippen molar-refractivity contribution in [1.82, 2.24) is 0 Å². The molecule has 0 saturated heterocycles. The zero-order chi connectivity index (χ0) is 16.8. The second kappa shape index (κ2) is 7.59. The summed E-state index contributed by atoms with van der Waals surface area (Å²) in [4.78, 5) is 12.0. The van der Waals surface area contributed by atoms with Crippen LogP contribution in [-0.2, 0) is 4.79 Å². The second-order valence-electron chi connectivity index (χ2n) is 5.32. The minimum Gasteiger partial charge on any atom is -0.497 e. The Morgan fingerprint density at radius 2 is 1.92 bits per heavy atom. The van der Waals surface area contributed by atoms with Crippen molar-refractivity contribution in [3.8, 4) is 17.2 Å². The molecule has 0 saturated carbocycles. The maximum absolute atomic E-state index is 12.0. The molecule has 2 N–H and O–H groups in total. The minimum absolute atomic E-state index is 0.0675. The Morgan fingerprint density at radius 1 is 1.08 bits per heavy atom. The number of benzene rings is 2. The minimum atomic E-state index is -0.0675. The second-order valence-corrected chi connectivity index (χ2v) is 5.32. The van der Waals surface area contributed by atoms with Crippen molar-refractivity contribution < 1.29 is 19.0 Å². The molecule has 1 heterocycles. The van der Waals surface area contributed by atoms with E-state index in [4.69, 9.17) is 14.2 Å². The Kier molecular flexibility index (Phi) is 5.05. The van der Waals surface area contributed by atoms with Crippen LogP contribution in [0.4, 0.5) is 11.4 Å². The molecule has 3 rings (SSSR count). The molecule has 0 bridgehead atoms. The van der Waals surface area contributed by atoms with Crippen LogP contribution in [0.3, 0.4) is 0 Å². The van der Waals surface area contributed by atoms with Crippen LogP contribution >= 0.6 is 0 Å². The zero-order valence-electron chi connectivity index (χ0n) is 13.5. The van der Waals surface area contributed by atoms with Gasteiger partial charge < -0.3 is 24.8 Å². The monoisotopic (exact) mass is 328 g/mol. The SMILES string of the molecule is COc1cccc(NCCC(=O)Nc2ccc3c(c2)OCCO3)c1. The molecule has 2 aromatic rings. The number of methoxy groups -OCH3 is 1. The molecule has 0 spiro atoms. The van der Waals surface area contributed by atoms with Crippen LogP contribution in [-0.4, -0.2) is 32.8 Å². The number of anilines is 2. The summed E-state index contributed by atoms with van der Waals surface area (Å²) in [6.45, 7) is 1.60. The number of nitrogens with one attached hydrogen (secondary N) is 2. The summed E-state index contributed by atoms with van der Waals surface area (Å²) < 4.78 is 16.1. The molecule has 0 aliphatic carbocycles. The van der Waals surface area contributed by atoms with Crippen LogP contribution in [0.25, 0.3) is 0 Å². The fraction of sp³-hybridized carbons (Fsp3) is 0.278. The van der Waals surface area contributed by atoms with Gasteiger partial charge in [-0.25, -0.2) is 0 Å². The summed E-state index contributed by atoms with van der Waals surface area (Å²) in [5, 5.41) is 6.06. The molecule has 0 aromatic heterocycles. The van der Waals surface area contributed by atoms with Crippen molar-refractivity contribution in [2.45, 2.75) is 6.42 Å². The van der Waals surface area contributed by atoms with E-state index in [2.05, 4.69) is 10.6 Å². The average molecular weight is 328 g/mol. The maximum Gasteiger partial charge on any atom is 0.226 e. The summed E-state index contributed by atoms with van der Waals surface area (Å²) in [6, 6.07) is 13.0. The third-order valence-electron chi connectivity index (χ3n) is 3.58. The van der Waals surface area contributed by atoms with E-state index >= 15 is 0 Å². The van der Waals surface area contributed by atoms with E-state index in [1.54, 1.807) is 25.3 Å². The normalized spacial score (nSPS) is 12.4. The molecule has 0 unspecified atom stereocenters. The Balaban J connectivity index is 1.49. The summed E-state index contributed by atoms with van der Waals surface area (Å²) in [7, 11) is 1.62. The smallest absolute Gasteiger partial charge is 0.226 e. The summed E-state index contributed by atoms with van der Waals surface area (Å²) >= 11 is 0. The van der Waals surface area contributed by atoms with Gasteiger partial charge in [0.25, 0.3) is 0 Å². The lowest BCUT2D eigenvalue weighted by Crippen LogP contribution is -2.18. The van der Waals surface area contributed by atoms with E-state index in [-0.39, 0.29) is 5.91 Å². The van der Waals surface area contributed by atoms with E-state index < -0.39 is 0 Å². The molecule has 0 radical (unpaired) electrons. The largest absolute Gasteiger partial charge is 0.497 e. The predicted octanol–water partition coefficient (Wildman–Crippen LogP) is 2.91. The van der Waals surface area contributed by atoms with Crippen LogP contribution in [0.2, 0.25) is 0 Å². The number of ether oxygens (including phenoxy) is 3. The van der Waals surface area contributed by atoms with Crippen LogP contribution in [0.5, 0.6) is 17.2 Å². The standard InChI is InChI=1S/C18H20N2O4/c1-22-15-4-2-3-13(11-15)19-8-7-18(21)20-14-5-6-16-17(12-14)24-10-9-23-16/h2-6,11-12,19H,7-10H2,1H3,(H,20,21). The molecule has 0 atom stereocenters. The van der Waals surface area contributed by atoms with E-state index in [1.165, 1.54) is 0 Å². The average Bonchev–Trinajstić information content (AvgIpc) is 2.62. The molecule has 2 aromatic carbocycles. The number of carbonyl (C=O) groups is 1. The molecular weight excluding hydrogens is 308 g/mol. The molecule has 6 nitrogen and oxygen atoms in total. The topological polar surface area (TPSA) is 68.8 Å². The van der Waals surface area contributed by atoms with Crippen molar-refractivity contribution in [2.75, 3.05) is 37.5 Å². The van der Waals surface area contributed by atoms with E-state index in [9.17, 15) is 4.79 Å². The third-order valence-corrected chi connectivity index (χ3v) is 3.58. The van der Waals surface area contributed by atoms with Gasteiger partial charge in [-0.3, -0.25) is 4.79 Å². The zero-order valence-corrected chi connectivity index (χ0v) is 13.5. The van der Waals surface area contributed by atoms with Gasteiger partial charge in [-0.05, 0) is 24.3 Å². The fourth-order valence-corrected chi connectivity index (χ4v) is 2.40. The first kappa shape index (κ1) is 16.0. The molecule has 1 aliphatic rings. The van der Waals surface area contributed by atoms with Gasteiger partial charge in [0, 0.05) is 36.5 Å². The molecular formula is C18H20N2O4. The summed E-state index contributed by atoms with van der Waals surface area (Å²) in [6.07, 6.45) is 0.353. The van der Waals surface area contributed by atoms with Gasteiger partial charge in [0.05, 0.1) is 7.11 Å². The number of fused-ring (bicyclic) bond motifs is 1. The van der Waals surface area contributed by atoms with Gasteiger partial charge >= 0.3 is 0 Å². The summed E-state index contributed by atoms with van der Waals surface area (Å²) in [5.74, 6) is 2.08. The molecule has 1 aliphatic heterocycles. The predicted molar refractivity (Wildman–Crippen MR) is 92.2 cm³/mol. The van der Waals surface area contributed by atoms with Gasteiger partial charge in [-0.1, -0.05) is 6.07 Å².